The molecule has 0 bridgehead atoms. The Hall–Kier alpha value is -0.680. The van der Waals surface area contributed by atoms with Crippen LogP contribution in [-0.4, -0.2) is 33.7 Å². The number of hydrogen-bond acceptors (Lipinski definition) is 5. The standard InChI is InChI=1S/C9H13N3OS/c13-7-3-4-12(5-7)9-10-8(11-14-9)6-1-2-6/h6-7,13H,1-5H2. The van der Waals surface area contributed by atoms with Gasteiger partial charge in [0.2, 0.25) is 5.13 Å². The van der Waals surface area contributed by atoms with Crippen molar-refractivity contribution >= 4 is 16.7 Å². The third-order valence-electron chi connectivity index (χ3n) is 2.81. The van der Waals surface area contributed by atoms with E-state index < -0.39 is 0 Å². The predicted octanol–water partition coefficient (Wildman–Crippen LogP) is 0.987. The Bertz CT molecular complexity index is 337. The number of aromatic nitrogens is 2. The molecule has 14 heavy (non-hydrogen) atoms. The third kappa shape index (κ3) is 1.50. The van der Waals surface area contributed by atoms with Crippen LogP contribution in [0.1, 0.15) is 31.0 Å². The Kier molecular flexibility index (Phi) is 1.95. The van der Waals surface area contributed by atoms with Crippen molar-refractivity contribution in [1.29, 1.82) is 0 Å². The average Bonchev–Trinajstić information content (AvgIpc) is 2.76. The Morgan fingerprint density at radius 1 is 1.36 bits per heavy atom. The lowest BCUT2D eigenvalue weighted by Crippen LogP contribution is -2.20. The second kappa shape index (κ2) is 3.17. The van der Waals surface area contributed by atoms with Crippen LogP contribution in [0.15, 0.2) is 0 Å². The lowest BCUT2D eigenvalue weighted by atomic mass is 10.3. The van der Waals surface area contributed by atoms with Crippen molar-refractivity contribution in [1.82, 2.24) is 9.36 Å². The fourth-order valence-corrected chi connectivity index (χ4v) is 2.56. The van der Waals surface area contributed by atoms with Gasteiger partial charge in [-0.05, 0) is 19.3 Å². The van der Waals surface area contributed by atoms with Gasteiger partial charge < -0.3 is 10.0 Å². The van der Waals surface area contributed by atoms with Crippen LogP contribution in [0, 0.1) is 0 Å². The lowest BCUT2D eigenvalue weighted by Gasteiger charge is -2.11. The molecule has 1 unspecified atom stereocenters. The van der Waals surface area contributed by atoms with Crippen LogP contribution < -0.4 is 4.90 Å². The molecule has 1 saturated heterocycles. The molecule has 5 heteroatoms. The number of nitrogens with zero attached hydrogens (tertiary/aromatic N) is 3. The number of β-amino-alcohol motifs (C(OH)–C–C–N with tert-alkyl or cyclic N) is 1. The molecule has 0 spiro atoms. The average molecular weight is 211 g/mol. The first-order valence-corrected chi connectivity index (χ1v) is 5.87. The van der Waals surface area contributed by atoms with Crippen molar-refractivity contribution < 1.29 is 5.11 Å². The first-order valence-electron chi connectivity index (χ1n) is 5.09. The van der Waals surface area contributed by atoms with E-state index in [1.165, 1.54) is 24.4 Å². The molecule has 0 aromatic carbocycles. The van der Waals surface area contributed by atoms with E-state index in [0.717, 1.165) is 30.5 Å². The van der Waals surface area contributed by atoms with Crippen LogP contribution in [0.2, 0.25) is 0 Å². The van der Waals surface area contributed by atoms with E-state index in [4.69, 9.17) is 0 Å². The van der Waals surface area contributed by atoms with Crippen molar-refractivity contribution in [3.05, 3.63) is 5.82 Å². The summed E-state index contributed by atoms with van der Waals surface area (Å²) in [7, 11) is 0. The molecule has 0 radical (unpaired) electrons. The molecule has 1 N–H and O–H groups in total. The van der Waals surface area contributed by atoms with Crippen LogP contribution in [0.5, 0.6) is 0 Å². The highest BCUT2D eigenvalue weighted by Gasteiger charge is 2.30. The Morgan fingerprint density at radius 3 is 2.86 bits per heavy atom. The number of aliphatic hydroxyl groups excluding tert-OH is 1. The molecule has 1 saturated carbocycles. The van der Waals surface area contributed by atoms with Crippen molar-refractivity contribution in [3.63, 3.8) is 0 Å². The number of rotatable bonds is 2. The zero-order chi connectivity index (χ0) is 9.54. The molecule has 0 amide bonds. The van der Waals surface area contributed by atoms with Crippen LogP contribution in [0.3, 0.4) is 0 Å². The molecule has 1 aromatic rings. The Balaban J connectivity index is 1.75. The zero-order valence-corrected chi connectivity index (χ0v) is 8.70. The Morgan fingerprint density at radius 2 is 2.21 bits per heavy atom. The quantitative estimate of drug-likeness (QED) is 0.792. The first-order chi connectivity index (χ1) is 6.83. The summed E-state index contributed by atoms with van der Waals surface area (Å²) >= 11 is 1.47. The van der Waals surface area contributed by atoms with Crippen molar-refractivity contribution in [2.45, 2.75) is 31.3 Å². The lowest BCUT2D eigenvalue weighted by molar-refractivity contribution is 0.198. The van der Waals surface area contributed by atoms with Crippen molar-refractivity contribution in [3.8, 4) is 0 Å². The fraction of sp³-hybridized carbons (Fsp3) is 0.778. The number of anilines is 1. The minimum atomic E-state index is -0.178. The fourth-order valence-electron chi connectivity index (χ4n) is 1.78. The van der Waals surface area contributed by atoms with Gasteiger partial charge in [-0.25, -0.2) is 4.98 Å². The molecule has 1 aliphatic heterocycles. The van der Waals surface area contributed by atoms with Crippen molar-refractivity contribution in [2.24, 2.45) is 0 Å². The summed E-state index contributed by atoms with van der Waals surface area (Å²) in [5.74, 6) is 1.65. The van der Waals surface area contributed by atoms with Crippen LogP contribution in [0.4, 0.5) is 5.13 Å². The minimum absolute atomic E-state index is 0.178. The third-order valence-corrected chi connectivity index (χ3v) is 3.60. The van der Waals surface area contributed by atoms with Crippen LogP contribution in [-0.2, 0) is 0 Å². The summed E-state index contributed by atoms with van der Waals surface area (Å²) in [6.07, 6.45) is 3.18. The second-order valence-electron chi connectivity index (χ2n) is 4.10. The predicted molar refractivity (Wildman–Crippen MR) is 54.7 cm³/mol. The first kappa shape index (κ1) is 8.61. The molecule has 1 atom stereocenters. The van der Waals surface area contributed by atoms with Crippen molar-refractivity contribution in [2.75, 3.05) is 18.0 Å². The van der Waals surface area contributed by atoms with E-state index in [-0.39, 0.29) is 6.10 Å². The molecule has 2 aliphatic rings. The van der Waals surface area contributed by atoms with Gasteiger partial charge in [0.1, 0.15) is 5.82 Å². The number of aliphatic hydroxyl groups is 1. The van der Waals surface area contributed by atoms with Gasteiger partial charge in [-0.1, -0.05) is 0 Å². The minimum Gasteiger partial charge on any atom is -0.391 e. The second-order valence-corrected chi connectivity index (χ2v) is 4.83. The summed E-state index contributed by atoms with van der Waals surface area (Å²) in [5, 5.41) is 10.4. The number of hydrogen-bond donors (Lipinski definition) is 1. The smallest absolute Gasteiger partial charge is 0.205 e. The highest BCUT2D eigenvalue weighted by molar-refractivity contribution is 7.09. The van der Waals surface area contributed by atoms with Gasteiger partial charge >= 0.3 is 0 Å². The van der Waals surface area contributed by atoms with E-state index >= 15 is 0 Å². The van der Waals surface area contributed by atoms with E-state index in [9.17, 15) is 5.11 Å². The van der Waals surface area contributed by atoms with Gasteiger partial charge in [-0.3, -0.25) is 0 Å². The molecule has 1 aliphatic carbocycles. The zero-order valence-electron chi connectivity index (χ0n) is 7.89. The van der Waals surface area contributed by atoms with Gasteiger partial charge in [-0.15, -0.1) is 0 Å². The highest BCUT2D eigenvalue weighted by atomic mass is 32.1. The molecular weight excluding hydrogens is 198 g/mol. The summed E-state index contributed by atoms with van der Waals surface area (Å²) in [6.45, 7) is 1.64. The maximum absolute atomic E-state index is 9.40. The van der Waals surface area contributed by atoms with Crippen LogP contribution >= 0.6 is 11.5 Å². The van der Waals surface area contributed by atoms with E-state index in [1.807, 2.05) is 0 Å². The maximum atomic E-state index is 9.40. The molecule has 4 nitrogen and oxygen atoms in total. The molecule has 1 aromatic heterocycles. The normalized spacial score (nSPS) is 27.2. The van der Waals surface area contributed by atoms with E-state index in [2.05, 4.69) is 14.3 Å². The van der Waals surface area contributed by atoms with Crippen LogP contribution in [0.25, 0.3) is 0 Å². The van der Waals surface area contributed by atoms with Gasteiger partial charge in [0, 0.05) is 30.5 Å². The van der Waals surface area contributed by atoms with Gasteiger partial charge in [0.05, 0.1) is 6.10 Å². The van der Waals surface area contributed by atoms with Gasteiger partial charge in [-0.2, -0.15) is 4.37 Å². The largest absolute Gasteiger partial charge is 0.391 e. The highest BCUT2D eigenvalue weighted by Crippen LogP contribution is 2.39. The van der Waals surface area contributed by atoms with E-state index in [1.54, 1.807) is 0 Å². The summed E-state index contributed by atoms with van der Waals surface area (Å²) in [4.78, 5) is 6.64. The molecular formula is C9H13N3OS. The molecule has 76 valence electrons. The topological polar surface area (TPSA) is 49.2 Å². The monoisotopic (exact) mass is 211 g/mol. The summed E-state index contributed by atoms with van der Waals surface area (Å²) < 4.78 is 4.36. The molecule has 2 fully saturated rings. The summed E-state index contributed by atoms with van der Waals surface area (Å²) in [5.41, 5.74) is 0. The maximum Gasteiger partial charge on any atom is 0.205 e. The summed E-state index contributed by atoms with van der Waals surface area (Å²) in [6, 6.07) is 0. The Labute approximate surface area is 86.7 Å². The molecule has 2 heterocycles. The van der Waals surface area contributed by atoms with Gasteiger partial charge in [0.25, 0.3) is 0 Å². The SMILES string of the molecule is OC1CCN(c2nc(C3CC3)ns2)C1. The van der Waals surface area contributed by atoms with E-state index in [0.29, 0.717) is 5.92 Å². The molecule has 3 rings (SSSR count). The van der Waals surface area contributed by atoms with Gasteiger partial charge in [0.15, 0.2) is 0 Å².